The molecule has 0 radical (unpaired) electrons. The van der Waals surface area contributed by atoms with Crippen molar-refractivity contribution in [3.05, 3.63) is 46.9 Å². The standard InChI is InChI=1S/C20H23N5O2S2/c1-28-16-9-5-6-14(12-16)21-18(26)13-24-20(27)25-17(22-24)10-11-19(23-25)29-15-7-3-2-4-8-15/h5-6,9-12,15H,2-4,7-8,13H2,1H3,(H,21,26). The first kappa shape index (κ1) is 20.0. The molecule has 9 heteroatoms. The van der Waals surface area contributed by atoms with E-state index in [1.165, 1.54) is 36.6 Å². The number of hydrogen-bond donors (Lipinski definition) is 1. The zero-order chi connectivity index (χ0) is 20.2. The average molecular weight is 430 g/mol. The zero-order valence-corrected chi connectivity index (χ0v) is 17.8. The smallest absolute Gasteiger partial charge is 0.324 e. The second-order valence-electron chi connectivity index (χ2n) is 7.04. The molecule has 0 atom stereocenters. The van der Waals surface area contributed by atoms with Gasteiger partial charge in [-0.1, -0.05) is 25.3 Å². The highest BCUT2D eigenvalue weighted by atomic mass is 32.2. The molecule has 2 heterocycles. The maximum atomic E-state index is 12.7. The molecule has 0 bridgehead atoms. The van der Waals surface area contributed by atoms with Crippen LogP contribution in [-0.4, -0.2) is 36.8 Å². The van der Waals surface area contributed by atoms with Crippen LogP contribution in [0.4, 0.5) is 5.69 Å². The van der Waals surface area contributed by atoms with Gasteiger partial charge in [0.15, 0.2) is 5.65 Å². The van der Waals surface area contributed by atoms with E-state index in [9.17, 15) is 9.59 Å². The number of benzene rings is 1. The van der Waals surface area contributed by atoms with Crippen LogP contribution >= 0.6 is 23.5 Å². The Bertz CT molecular complexity index is 1070. The molecule has 1 N–H and O–H groups in total. The maximum absolute atomic E-state index is 12.7. The minimum atomic E-state index is -0.404. The Hall–Kier alpha value is -2.26. The van der Waals surface area contributed by atoms with E-state index in [2.05, 4.69) is 15.5 Å². The molecule has 1 aromatic carbocycles. The molecular weight excluding hydrogens is 406 g/mol. The fourth-order valence-electron chi connectivity index (χ4n) is 3.45. The fourth-order valence-corrected chi connectivity index (χ4v) is 5.09. The van der Waals surface area contributed by atoms with E-state index in [-0.39, 0.29) is 12.5 Å². The predicted molar refractivity (Wildman–Crippen MR) is 117 cm³/mol. The summed E-state index contributed by atoms with van der Waals surface area (Å²) in [5, 5.41) is 12.9. The Balaban J connectivity index is 1.48. The molecule has 29 heavy (non-hydrogen) atoms. The van der Waals surface area contributed by atoms with Crippen molar-refractivity contribution in [3.8, 4) is 0 Å². The van der Waals surface area contributed by atoms with Gasteiger partial charge in [-0.05, 0) is 49.4 Å². The second kappa shape index (κ2) is 9.04. The molecule has 0 saturated heterocycles. The Morgan fingerprint density at radius 3 is 2.79 bits per heavy atom. The lowest BCUT2D eigenvalue weighted by Crippen LogP contribution is -2.28. The maximum Gasteiger partial charge on any atom is 0.367 e. The lowest BCUT2D eigenvalue weighted by Gasteiger charge is -2.20. The van der Waals surface area contributed by atoms with Crippen LogP contribution in [0.1, 0.15) is 32.1 Å². The Kier molecular flexibility index (Phi) is 6.25. The van der Waals surface area contributed by atoms with E-state index < -0.39 is 5.69 Å². The Morgan fingerprint density at radius 2 is 2.00 bits per heavy atom. The van der Waals surface area contributed by atoms with E-state index in [4.69, 9.17) is 0 Å². The van der Waals surface area contributed by atoms with Crippen molar-refractivity contribution in [2.75, 3.05) is 11.6 Å². The summed E-state index contributed by atoms with van der Waals surface area (Å²) in [6.07, 6.45) is 8.18. The lowest BCUT2D eigenvalue weighted by atomic mass is 10.0. The third kappa shape index (κ3) is 4.84. The second-order valence-corrected chi connectivity index (χ2v) is 9.24. The van der Waals surface area contributed by atoms with Crippen LogP contribution in [0.25, 0.3) is 5.65 Å². The number of carbonyl (C=O) groups excluding carboxylic acids is 1. The first-order chi connectivity index (χ1) is 14.1. The van der Waals surface area contributed by atoms with Crippen LogP contribution in [0.5, 0.6) is 0 Å². The number of nitrogens with one attached hydrogen (secondary N) is 1. The van der Waals surface area contributed by atoms with Gasteiger partial charge in [-0.25, -0.2) is 9.48 Å². The van der Waals surface area contributed by atoms with Crippen molar-refractivity contribution in [1.29, 1.82) is 0 Å². The number of amides is 1. The monoisotopic (exact) mass is 429 g/mol. The minimum Gasteiger partial charge on any atom is -0.324 e. The third-order valence-corrected chi connectivity index (χ3v) is 6.89. The van der Waals surface area contributed by atoms with Crippen molar-refractivity contribution in [2.45, 2.75) is 53.8 Å². The Morgan fingerprint density at radius 1 is 1.17 bits per heavy atom. The summed E-state index contributed by atoms with van der Waals surface area (Å²) in [6.45, 7) is -0.156. The molecular formula is C20H23N5O2S2. The first-order valence-electron chi connectivity index (χ1n) is 9.70. The number of anilines is 1. The molecule has 1 aliphatic carbocycles. The summed E-state index contributed by atoms with van der Waals surface area (Å²) in [5.74, 6) is -0.300. The molecule has 1 saturated carbocycles. The number of thioether (sulfide) groups is 2. The number of fused-ring (bicyclic) bond motifs is 1. The highest BCUT2D eigenvalue weighted by molar-refractivity contribution is 7.99. The largest absolute Gasteiger partial charge is 0.367 e. The van der Waals surface area contributed by atoms with Crippen LogP contribution in [0.15, 0.2) is 51.1 Å². The molecule has 1 aliphatic rings. The molecule has 4 rings (SSSR count). The molecule has 0 spiro atoms. The minimum absolute atomic E-state index is 0.156. The van der Waals surface area contributed by atoms with Gasteiger partial charge in [0.05, 0.1) is 0 Å². The van der Waals surface area contributed by atoms with Gasteiger partial charge in [0.1, 0.15) is 11.6 Å². The zero-order valence-electron chi connectivity index (χ0n) is 16.2. The van der Waals surface area contributed by atoms with E-state index in [1.54, 1.807) is 29.6 Å². The molecule has 3 aromatic rings. The number of hydrogen-bond acceptors (Lipinski definition) is 6. The van der Waals surface area contributed by atoms with Gasteiger partial charge in [0.2, 0.25) is 5.91 Å². The number of nitrogens with zero attached hydrogens (tertiary/aromatic N) is 4. The molecule has 7 nitrogen and oxygen atoms in total. The SMILES string of the molecule is CSc1cccc(NC(=O)Cn2nc3ccc(SC4CCCCC4)nn3c2=O)c1. The van der Waals surface area contributed by atoms with E-state index >= 15 is 0 Å². The summed E-state index contributed by atoms with van der Waals surface area (Å²) in [5.41, 5.74) is 0.738. The van der Waals surface area contributed by atoms with Gasteiger partial charge in [-0.3, -0.25) is 4.79 Å². The van der Waals surface area contributed by atoms with Gasteiger partial charge in [0.25, 0.3) is 0 Å². The summed E-state index contributed by atoms with van der Waals surface area (Å²) in [6, 6.07) is 11.3. The topological polar surface area (TPSA) is 81.3 Å². The molecule has 0 unspecified atom stereocenters. The first-order valence-corrected chi connectivity index (χ1v) is 11.8. The number of rotatable bonds is 6. The molecule has 1 fully saturated rings. The highest BCUT2D eigenvalue weighted by Crippen LogP contribution is 2.32. The summed E-state index contributed by atoms with van der Waals surface area (Å²) < 4.78 is 2.44. The quantitative estimate of drug-likeness (QED) is 0.602. The van der Waals surface area contributed by atoms with E-state index in [0.717, 1.165) is 14.6 Å². The van der Waals surface area contributed by atoms with Crippen molar-refractivity contribution in [3.63, 3.8) is 0 Å². The fraction of sp³-hybridized carbons (Fsp3) is 0.400. The molecule has 2 aromatic heterocycles. The number of carbonyl (C=O) groups is 1. The van der Waals surface area contributed by atoms with Gasteiger partial charge >= 0.3 is 5.69 Å². The normalized spacial score (nSPS) is 14.9. The van der Waals surface area contributed by atoms with Crippen molar-refractivity contribution in [1.82, 2.24) is 19.4 Å². The third-order valence-electron chi connectivity index (χ3n) is 4.90. The van der Waals surface area contributed by atoms with Crippen LogP contribution < -0.4 is 11.0 Å². The Labute approximate surface area is 177 Å². The average Bonchev–Trinajstić information content (AvgIpc) is 3.04. The van der Waals surface area contributed by atoms with E-state index in [1.807, 2.05) is 36.6 Å². The predicted octanol–water partition coefficient (Wildman–Crippen LogP) is 3.68. The number of aromatic nitrogens is 4. The highest BCUT2D eigenvalue weighted by Gasteiger charge is 2.17. The van der Waals surface area contributed by atoms with Gasteiger partial charge in [0, 0.05) is 15.8 Å². The molecule has 0 aliphatic heterocycles. The van der Waals surface area contributed by atoms with Crippen molar-refractivity contribution in [2.24, 2.45) is 0 Å². The molecule has 152 valence electrons. The van der Waals surface area contributed by atoms with Crippen LogP contribution in [-0.2, 0) is 11.3 Å². The summed E-state index contributed by atoms with van der Waals surface area (Å²) >= 11 is 3.33. The van der Waals surface area contributed by atoms with Crippen LogP contribution in [0, 0.1) is 0 Å². The summed E-state index contributed by atoms with van der Waals surface area (Å²) in [7, 11) is 0. The summed E-state index contributed by atoms with van der Waals surface area (Å²) in [4.78, 5) is 26.1. The van der Waals surface area contributed by atoms with Gasteiger partial charge in [-0.2, -0.15) is 9.61 Å². The van der Waals surface area contributed by atoms with Crippen molar-refractivity contribution >= 4 is 40.8 Å². The van der Waals surface area contributed by atoms with Gasteiger partial charge < -0.3 is 5.32 Å². The van der Waals surface area contributed by atoms with Gasteiger partial charge in [-0.15, -0.1) is 28.6 Å². The van der Waals surface area contributed by atoms with Crippen LogP contribution in [0.3, 0.4) is 0 Å². The molecule has 1 amide bonds. The van der Waals surface area contributed by atoms with Crippen molar-refractivity contribution < 1.29 is 4.79 Å². The van der Waals surface area contributed by atoms with E-state index in [0.29, 0.717) is 16.6 Å². The lowest BCUT2D eigenvalue weighted by molar-refractivity contribution is -0.117. The van der Waals surface area contributed by atoms with Crippen LogP contribution in [0.2, 0.25) is 0 Å².